The summed E-state index contributed by atoms with van der Waals surface area (Å²) in [6.07, 6.45) is -0.855. The van der Waals surface area contributed by atoms with Crippen molar-refractivity contribution in [1.29, 1.82) is 0 Å². The summed E-state index contributed by atoms with van der Waals surface area (Å²) in [6.45, 7) is 2.83. The Morgan fingerprint density at radius 1 is 1.47 bits per heavy atom. The molecule has 1 rings (SSSR count). The smallest absolute Gasteiger partial charge is 0.735 e. The van der Waals surface area contributed by atoms with Crippen LogP contribution in [-0.2, 0) is 15.0 Å². The fourth-order valence-corrected chi connectivity index (χ4v) is 1.88. The molecule has 0 saturated carbocycles. The van der Waals surface area contributed by atoms with E-state index in [9.17, 15) is 18.1 Å². The number of aliphatic hydroxyl groups is 1. The second-order valence-corrected chi connectivity index (χ2v) is 5.28. The quantitative estimate of drug-likeness (QED) is 0.399. The van der Waals surface area contributed by atoms with E-state index < -0.39 is 16.4 Å². The molecule has 0 aromatic heterocycles. The zero-order valence-corrected chi connectivity index (χ0v) is 13.0. The average molecular weight is 276 g/mol. The fraction of sp³-hybridized carbons (Fsp3) is 1.00. The van der Waals surface area contributed by atoms with Gasteiger partial charge in [-0.05, 0) is 0 Å². The zero-order chi connectivity index (χ0) is 12.2. The molecular weight excluding hydrogens is 259 g/mol. The Morgan fingerprint density at radius 2 is 2.00 bits per heavy atom. The molecule has 9 heteroatoms. The molecule has 0 amide bonds. The molecule has 1 aliphatic heterocycles. The molecule has 1 saturated heterocycles. The number of nitrogens with zero attached hydrogens (tertiary/aromatic N) is 2. The van der Waals surface area contributed by atoms with Crippen LogP contribution in [0.2, 0.25) is 0 Å². The van der Waals surface area contributed by atoms with Crippen LogP contribution < -0.4 is 29.6 Å². The van der Waals surface area contributed by atoms with Crippen molar-refractivity contribution < 1.29 is 52.4 Å². The molecule has 0 aliphatic carbocycles. The maximum absolute atomic E-state index is 10.6. The van der Waals surface area contributed by atoms with E-state index >= 15 is 0 Å². The first-order valence-electron chi connectivity index (χ1n) is 5.05. The third kappa shape index (κ3) is 7.04. The summed E-state index contributed by atoms with van der Waals surface area (Å²) in [4.78, 5) is 1.97. The van der Waals surface area contributed by atoms with Crippen molar-refractivity contribution in [1.82, 2.24) is 9.21 Å². The summed E-state index contributed by atoms with van der Waals surface area (Å²) in [5.41, 5.74) is 0. The first-order chi connectivity index (χ1) is 7.39. The molecule has 0 aromatic carbocycles. The van der Waals surface area contributed by atoms with Gasteiger partial charge >= 0.3 is 29.6 Å². The van der Waals surface area contributed by atoms with Crippen molar-refractivity contribution in [2.24, 2.45) is 0 Å². The summed E-state index contributed by atoms with van der Waals surface area (Å²) in [5, 5.41) is 9.61. The van der Waals surface area contributed by atoms with E-state index in [0.29, 0.717) is 37.2 Å². The Morgan fingerprint density at radius 3 is 2.47 bits per heavy atom. The van der Waals surface area contributed by atoms with E-state index in [0.717, 1.165) is 7.05 Å². The normalized spacial score (nSPS) is 20.0. The summed E-state index contributed by atoms with van der Waals surface area (Å²) in [5.74, 6) is 0. The second kappa shape index (κ2) is 8.03. The number of likely N-dealkylation sites (N-methyl/N-ethyl adjacent to an activating group) is 1. The van der Waals surface area contributed by atoms with Crippen LogP contribution in [0.1, 0.15) is 0 Å². The number of β-amino-alcohol motifs (C(OH)–C–C–N with tert-alkyl or cyclic N) is 1. The Hall–Kier alpha value is 0.750. The van der Waals surface area contributed by atoms with Gasteiger partial charge < -0.3 is 14.4 Å². The van der Waals surface area contributed by atoms with Gasteiger partial charge in [0.25, 0.3) is 0 Å². The number of rotatable bonds is 5. The van der Waals surface area contributed by atoms with Gasteiger partial charge in [0.15, 0.2) is 10.3 Å². The molecule has 1 fully saturated rings. The third-order valence-electron chi connectivity index (χ3n) is 2.42. The van der Waals surface area contributed by atoms with Gasteiger partial charge in [0.2, 0.25) is 0 Å². The summed E-state index contributed by atoms with van der Waals surface area (Å²) >= 11 is 0. The predicted molar refractivity (Wildman–Crippen MR) is 55.6 cm³/mol. The van der Waals surface area contributed by atoms with Crippen LogP contribution in [0.4, 0.5) is 0 Å². The van der Waals surface area contributed by atoms with Gasteiger partial charge in [0.1, 0.15) is 0 Å². The molecule has 1 heterocycles. The summed E-state index contributed by atoms with van der Waals surface area (Å²) in [6, 6.07) is 0. The molecule has 96 valence electrons. The third-order valence-corrected chi connectivity index (χ3v) is 3.33. The number of aliphatic hydroxyl groups excluding tert-OH is 1. The van der Waals surface area contributed by atoms with Gasteiger partial charge in [0.05, 0.1) is 19.3 Å². The Balaban J connectivity index is 0.00000256. The fourth-order valence-electron chi connectivity index (χ4n) is 1.53. The van der Waals surface area contributed by atoms with Crippen molar-refractivity contribution in [3.63, 3.8) is 0 Å². The van der Waals surface area contributed by atoms with Gasteiger partial charge in [-0.25, -0.2) is 12.7 Å². The van der Waals surface area contributed by atoms with Gasteiger partial charge in [-0.2, -0.15) is 0 Å². The van der Waals surface area contributed by atoms with Crippen LogP contribution in [-0.4, -0.2) is 79.8 Å². The number of morpholine rings is 1. The molecule has 0 radical (unpaired) electrons. The Kier molecular flexibility index (Phi) is 8.38. The van der Waals surface area contributed by atoms with Crippen molar-refractivity contribution >= 4 is 10.3 Å². The molecule has 1 aliphatic rings. The van der Waals surface area contributed by atoms with Crippen LogP contribution in [0.15, 0.2) is 0 Å². The van der Waals surface area contributed by atoms with Gasteiger partial charge in [0, 0.05) is 33.2 Å². The van der Waals surface area contributed by atoms with E-state index in [2.05, 4.69) is 0 Å². The molecule has 1 atom stereocenters. The molecule has 0 bridgehead atoms. The Labute approximate surface area is 124 Å². The van der Waals surface area contributed by atoms with E-state index in [1.807, 2.05) is 4.90 Å². The first-order valence-corrected chi connectivity index (χ1v) is 6.41. The van der Waals surface area contributed by atoms with Crippen LogP contribution in [0.3, 0.4) is 0 Å². The van der Waals surface area contributed by atoms with Crippen molar-refractivity contribution in [3.8, 4) is 0 Å². The molecule has 7 nitrogen and oxygen atoms in total. The van der Waals surface area contributed by atoms with Crippen LogP contribution >= 0.6 is 0 Å². The standard InChI is InChI=1S/C8H18N2O5S.Na/c1-9(16(12,13)14)6-8(11)7-10-2-4-15-5-3-10;/h8,11H,2-7H2,1H3,(H,12,13,14);/q;+1/p-1. The number of hydrogen-bond donors (Lipinski definition) is 1. The molecule has 0 spiro atoms. The van der Waals surface area contributed by atoms with Crippen LogP contribution in [0, 0.1) is 0 Å². The van der Waals surface area contributed by atoms with E-state index in [1.54, 1.807) is 0 Å². The largest absolute Gasteiger partial charge is 1.00 e. The van der Waals surface area contributed by atoms with Crippen LogP contribution in [0.5, 0.6) is 0 Å². The molecule has 0 aromatic rings. The number of ether oxygens (including phenoxy) is 1. The summed E-state index contributed by atoms with van der Waals surface area (Å²) < 4.78 is 37.5. The first kappa shape index (κ1) is 17.8. The van der Waals surface area contributed by atoms with E-state index in [1.165, 1.54) is 0 Å². The maximum atomic E-state index is 10.6. The SMILES string of the molecule is CN(CC(O)CN1CCOCC1)S(=O)(=O)[O-].[Na+]. The van der Waals surface area contributed by atoms with E-state index in [4.69, 9.17) is 4.74 Å². The minimum atomic E-state index is -4.46. The summed E-state index contributed by atoms with van der Waals surface area (Å²) in [7, 11) is -3.30. The molecular formula is C8H17N2NaO5S. The molecule has 1 N–H and O–H groups in total. The maximum Gasteiger partial charge on any atom is 1.00 e. The topological polar surface area (TPSA) is 93.1 Å². The minimum Gasteiger partial charge on any atom is -0.735 e. The van der Waals surface area contributed by atoms with Gasteiger partial charge in [-0.15, -0.1) is 0 Å². The molecule has 1 unspecified atom stereocenters. The van der Waals surface area contributed by atoms with Crippen molar-refractivity contribution in [2.75, 3.05) is 46.4 Å². The van der Waals surface area contributed by atoms with E-state index in [-0.39, 0.29) is 36.1 Å². The average Bonchev–Trinajstić information content (AvgIpc) is 2.17. The van der Waals surface area contributed by atoms with Gasteiger partial charge in [-0.3, -0.25) is 4.90 Å². The Bertz CT molecular complexity index is 307. The van der Waals surface area contributed by atoms with Gasteiger partial charge in [-0.1, -0.05) is 0 Å². The predicted octanol–water partition coefficient (Wildman–Crippen LogP) is -4.92. The monoisotopic (exact) mass is 276 g/mol. The molecule has 17 heavy (non-hydrogen) atoms. The van der Waals surface area contributed by atoms with Crippen molar-refractivity contribution in [2.45, 2.75) is 6.10 Å². The van der Waals surface area contributed by atoms with Crippen LogP contribution in [0.25, 0.3) is 0 Å². The minimum absolute atomic E-state index is 0. The zero-order valence-electron chi connectivity index (χ0n) is 10.2. The van der Waals surface area contributed by atoms with Crippen molar-refractivity contribution in [3.05, 3.63) is 0 Å². The second-order valence-electron chi connectivity index (χ2n) is 3.81. The number of hydrogen-bond acceptors (Lipinski definition) is 6.